The van der Waals surface area contributed by atoms with Gasteiger partial charge in [-0.15, -0.1) is 20.5 Å². The van der Waals surface area contributed by atoms with E-state index in [9.17, 15) is 9.59 Å². The number of carbonyl (C=O) groups excluding carboxylic acids is 2. The number of ketones is 2. The molecule has 0 fully saturated rings. The van der Waals surface area contributed by atoms with Gasteiger partial charge in [-0.05, 0) is 25.2 Å². The van der Waals surface area contributed by atoms with Gasteiger partial charge in [-0.25, -0.2) is 19.3 Å². The average Bonchev–Trinajstić information content (AvgIpc) is 3.73. The molecule has 5 rings (SSSR count). The highest BCUT2D eigenvalue weighted by atomic mass is 16.1. The summed E-state index contributed by atoms with van der Waals surface area (Å²) in [5.74, 6) is 1.60. The summed E-state index contributed by atoms with van der Waals surface area (Å²) in [4.78, 5) is 34.4. The van der Waals surface area contributed by atoms with Crippen molar-refractivity contribution < 1.29 is 9.59 Å². The molecule has 0 aliphatic rings. The fraction of sp³-hybridized carbons (Fsp3) is 0.419. The first-order valence-corrected chi connectivity index (χ1v) is 15.5. The summed E-state index contributed by atoms with van der Waals surface area (Å²) in [7, 11) is 3.37. The van der Waals surface area contributed by atoms with Crippen molar-refractivity contribution in [3.8, 4) is 11.6 Å². The summed E-state index contributed by atoms with van der Waals surface area (Å²) in [5.41, 5.74) is 15.1. The van der Waals surface area contributed by atoms with Crippen LogP contribution in [0.15, 0.2) is 45.2 Å². The first-order valence-electron chi connectivity index (χ1n) is 15.5. The molecule has 0 saturated heterocycles. The van der Waals surface area contributed by atoms with Crippen LogP contribution in [0.5, 0.6) is 0 Å². The summed E-state index contributed by atoms with van der Waals surface area (Å²) >= 11 is 0. The van der Waals surface area contributed by atoms with E-state index in [2.05, 4.69) is 50.8 Å². The van der Waals surface area contributed by atoms with Gasteiger partial charge in [0.25, 0.3) is 0 Å². The second kappa shape index (κ2) is 13.3. The second-order valence-electron chi connectivity index (χ2n) is 13.3. The van der Waals surface area contributed by atoms with E-state index in [1.165, 1.54) is 37.4 Å². The molecule has 18 heteroatoms. The Morgan fingerprint density at radius 1 is 0.776 bits per heavy atom. The van der Waals surface area contributed by atoms with Gasteiger partial charge in [0, 0.05) is 33.0 Å². The lowest BCUT2D eigenvalue weighted by molar-refractivity contribution is 0.0938. The van der Waals surface area contributed by atoms with Gasteiger partial charge in [-0.2, -0.15) is 29.8 Å². The Balaban J connectivity index is 1.43. The predicted octanol–water partition coefficient (Wildman–Crippen LogP) is 5.77. The van der Waals surface area contributed by atoms with Crippen LogP contribution in [0.4, 0.5) is 34.6 Å². The van der Waals surface area contributed by atoms with E-state index in [-0.39, 0.29) is 34.5 Å². The summed E-state index contributed by atoms with van der Waals surface area (Å²) < 4.78 is 5.76. The molecule has 0 unspecified atom stereocenters. The van der Waals surface area contributed by atoms with Crippen molar-refractivity contribution in [2.75, 3.05) is 11.5 Å². The van der Waals surface area contributed by atoms with Crippen molar-refractivity contribution in [3.05, 3.63) is 47.3 Å². The molecule has 18 nitrogen and oxygen atoms in total. The molecule has 0 aliphatic carbocycles. The summed E-state index contributed by atoms with van der Waals surface area (Å²) in [6.45, 7) is 13.4. The van der Waals surface area contributed by atoms with Gasteiger partial charge in [-0.3, -0.25) is 9.59 Å². The molecule has 0 radical (unpaired) electrons. The fourth-order valence-corrected chi connectivity index (χ4v) is 4.98. The number of rotatable bonds is 11. The van der Waals surface area contributed by atoms with Crippen LogP contribution >= 0.6 is 0 Å². The normalized spacial score (nSPS) is 12.3. The number of hydrogen-bond acceptors (Lipinski definition) is 14. The number of nitrogens with two attached hydrogens (primary N) is 2. The van der Waals surface area contributed by atoms with E-state index in [0.29, 0.717) is 70.0 Å². The Bertz CT molecular complexity index is 2100. The summed E-state index contributed by atoms with van der Waals surface area (Å²) in [5, 5.41) is 34.8. The van der Waals surface area contributed by atoms with Gasteiger partial charge in [0.15, 0.2) is 57.8 Å². The van der Waals surface area contributed by atoms with E-state index in [4.69, 9.17) is 11.5 Å². The Morgan fingerprint density at radius 3 is 1.65 bits per heavy atom. The molecule has 0 saturated carbocycles. The summed E-state index contributed by atoms with van der Waals surface area (Å²) in [6.07, 6.45) is 4.99. The maximum Gasteiger partial charge on any atom is 0.183 e. The minimum Gasteiger partial charge on any atom is -0.382 e. The SMILES string of the molecule is Cc1nn(-c2cc(-n3nc(C)c(N=Nc4c(C(=O)CC(C)(C)C)cnn4C)c3N)ncn2)c(N)c1N=Nc1c(C(=O)CC(C)C)cnn1C. The molecule has 49 heavy (non-hydrogen) atoms. The van der Waals surface area contributed by atoms with Crippen LogP contribution in [0.3, 0.4) is 0 Å². The Kier molecular flexibility index (Phi) is 9.33. The molecule has 5 aromatic heterocycles. The van der Waals surface area contributed by atoms with Crippen LogP contribution in [0.1, 0.15) is 79.6 Å². The van der Waals surface area contributed by atoms with Crippen molar-refractivity contribution in [1.29, 1.82) is 0 Å². The number of Topliss-reactive ketones (excluding diaryl/α,β-unsaturated/α-hetero) is 2. The molecular formula is C31H40N16O2. The van der Waals surface area contributed by atoms with E-state index < -0.39 is 0 Å². The van der Waals surface area contributed by atoms with E-state index in [1.54, 1.807) is 34.0 Å². The van der Waals surface area contributed by atoms with Gasteiger partial charge < -0.3 is 11.5 Å². The van der Waals surface area contributed by atoms with Crippen molar-refractivity contribution in [3.63, 3.8) is 0 Å². The van der Waals surface area contributed by atoms with Gasteiger partial charge in [0.05, 0.1) is 34.9 Å². The van der Waals surface area contributed by atoms with Crippen molar-refractivity contribution >= 4 is 46.2 Å². The molecule has 256 valence electrons. The molecule has 5 aromatic rings. The molecule has 0 bridgehead atoms. The van der Waals surface area contributed by atoms with Crippen LogP contribution in [0.2, 0.25) is 0 Å². The third kappa shape index (κ3) is 7.16. The minimum atomic E-state index is -0.205. The van der Waals surface area contributed by atoms with Crippen molar-refractivity contribution in [2.45, 2.75) is 61.3 Å². The molecule has 0 spiro atoms. The smallest absolute Gasteiger partial charge is 0.183 e. The molecule has 5 heterocycles. The van der Waals surface area contributed by atoms with Crippen molar-refractivity contribution in [1.82, 2.24) is 49.1 Å². The molecule has 0 atom stereocenters. The number of nitrogen functional groups attached to an aromatic ring is 2. The number of anilines is 2. The van der Waals surface area contributed by atoms with Crippen LogP contribution < -0.4 is 11.5 Å². The van der Waals surface area contributed by atoms with Crippen LogP contribution in [0, 0.1) is 25.2 Å². The first kappa shape index (κ1) is 34.4. The van der Waals surface area contributed by atoms with Crippen molar-refractivity contribution in [2.24, 2.45) is 45.9 Å². The standard InChI is InChI=1S/C31H40N16O2/c1-16(2)10-21(48)19-13-36-44(8)29(19)40-38-25-17(3)42-46(27(25)32)23-11-24(35-15-34-23)47-28(33)26(18(4)43-47)39-41-30-20(14-37-45(30)9)22(49)12-31(5,6)7/h11,13-16H,10,12,32-33H2,1-9H3. The molecular weight excluding hydrogens is 628 g/mol. The Morgan fingerprint density at radius 2 is 1.22 bits per heavy atom. The zero-order chi connectivity index (χ0) is 35.8. The molecule has 0 aromatic carbocycles. The number of aryl methyl sites for hydroxylation is 4. The third-order valence-electron chi connectivity index (χ3n) is 7.39. The van der Waals surface area contributed by atoms with Crippen LogP contribution in [0.25, 0.3) is 11.6 Å². The molecule has 0 aliphatic heterocycles. The highest BCUT2D eigenvalue weighted by molar-refractivity contribution is 6.00. The maximum absolute atomic E-state index is 12.9. The number of aromatic nitrogens is 10. The molecule has 0 amide bonds. The van der Waals surface area contributed by atoms with E-state index in [1.807, 2.05) is 34.6 Å². The zero-order valence-electron chi connectivity index (χ0n) is 29.0. The van der Waals surface area contributed by atoms with Crippen LogP contribution in [-0.4, -0.2) is 60.7 Å². The Labute approximate surface area is 282 Å². The lowest BCUT2D eigenvalue weighted by Crippen LogP contribution is -2.12. The lowest BCUT2D eigenvalue weighted by atomic mass is 9.88. The maximum atomic E-state index is 12.9. The summed E-state index contributed by atoms with van der Waals surface area (Å²) in [6, 6.07) is 1.60. The first-order chi connectivity index (χ1) is 23.1. The monoisotopic (exact) mass is 668 g/mol. The lowest BCUT2D eigenvalue weighted by Gasteiger charge is -2.16. The second-order valence-corrected chi connectivity index (χ2v) is 13.3. The van der Waals surface area contributed by atoms with E-state index in [0.717, 1.165) is 0 Å². The van der Waals surface area contributed by atoms with Gasteiger partial charge in [0.2, 0.25) is 0 Å². The number of azo groups is 2. The topological polar surface area (TPSA) is 233 Å². The minimum absolute atomic E-state index is 0.0726. The Hall–Kier alpha value is -5.94. The quantitative estimate of drug-likeness (QED) is 0.127. The highest BCUT2D eigenvalue weighted by Gasteiger charge is 2.24. The largest absolute Gasteiger partial charge is 0.382 e. The van der Waals surface area contributed by atoms with Gasteiger partial charge in [0.1, 0.15) is 6.33 Å². The van der Waals surface area contributed by atoms with Crippen LogP contribution in [-0.2, 0) is 14.1 Å². The number of hydrogen-bond donors (Lipinski definition) is 2. The number of carbonyl (C=O) groups is 2. The predicted molar refractivity (Wildman–Crippen MR) is 182 cm³/mol. The highest BCUT2D eigenvalue weighted by Crippen LogP contribution is 2.34. The van der Waals surface area contributed by atoms with E-state index >= 15 is 0 Å². The molecule has 4 N–H and O–H groups in total. The van der Waals surface area contributed by atoms with Gasteiger partial charge in [-0.1, -0.05) is 34.6 Å². The number of nitrogens with zero attached hydrogens (tertiary/aromatic N) is 14. The third-order valence-corrected chi connectivity index (χ3v) is 7.39. The fourth-order valence-electron chi connectivity index (χ4n) is 4.98. The average molecular weight is 669 g/mol. The zero-order valence-corrected chi connectivity index (χ0v) is 29.0. The van der Waals surface area contributed by atoms with Gasteiger partial charge >= 0.3 is 0 Å².